The van der Waals surface area contributed by atoms with Crippen molar-refractivity contribution >= 4 is 20.9 Å². The smallest absolute Gasteiger partial charge is 0.243 e. The summed E-state index contributed by atoms with van der Waals surface area (Å²) in [5.41, 5.74) is 1.20. The number of aromatic nitrogens is 1. The van der Waals surface area contributed by atoms with Gasteiger partial charge in [-0.2, -0.15) is 4.72 Å². The van der Waals surface area contributed by atoms with Gasteiger partial charge < -0.3 is 9.47 Å². The van der Waals surface area contributed by atoms with E-state index in [1.54, 1.807) is 25.3 Å². The molecule has 0 atom stereocenters. The average molecular weight is 396 g/mol. The summed E-state index contributed by atoms with van der Waals surface area (Å²) >= 11 is 0. The number of para-hydroxylation sites is 3. The highest BCUT2D eigenvalue weighted by Gasteiger charge is 2.17. The van der Waals surface area contributed by atoms with Crippen LogP contribution in [0.15, 0.2) is 59.5 Å². The lowest BCUT2D eigenvalue weighted by Gasteiger charge is -2.08. The van der Waals surface area contributed by atoms with Crippen molar-refractivity contribution in [3.63, 3.8) is 0 Å². The van der Waals surface area contributed by atoms with E-state index in [4.69, 9.17) is 9.47 Å². The van der Waals surface area contributed by atoms with Crippen molar-refractivity contribution in [2.24, 2.45) is 0 Å². The molecule has 1 heterocycles. The Labute approximate surface area is 164 Å². The highest BCUT2D eigenvalue weighted by Crippen LogP contribution is 2.25. The van der Waals surface area contributed by atoms with Gasteiger partial charge in [-0.25, -0.2) is 8.42 Å². The molecular weight excluding hydrogens is 376 g/mol. The number of fused-ring (bicyclic) bond motifs is 1. The molecule has 144 valence electrons. The van der Waals surface area contributed by atoms with Crippen molar-refractivity contribution in [1.82, 2.24) is 9.71 Å². The molecule has 0 fully saturated rings. The lowest BCUT2D eigenvalue weighted by Crippen LogP contribution is -2.24. The topological polar surface area (TPSA) is 77.5 Å². The third kappa shape index (κ3) is 4.60. The number of aryl methyl sites for hydroxylation is 1. The number of hydrogen-bond acceptors (Lipinski definition) is 5. The number of nitrogens with zero attached hydrogens (tertiary/aromatic N) is 1. The molecule has 2 aromatic carbocycles. The van der Waals surface area contributed by atoms with Crippen molar-refractivity contribution in [3.05, 3.63) is 60.3 Å². The number of sulfonamides is 1. The van der Waals surface area contributed by atoms with Gasteiger partial charge in [0.1, 0.15) is 11.5 Å². The standard InChI is InChI=1S/C21H20N2O4S/c1-16-12-13-17-8-7-11-20(21(17)23-16)28(24,25)22-14-5-6-15-27-19-10-4-3-9-18(19)26-2/h3-4,7-13,22H,14-15H2,1-2H3. The second kappa shape index (κ2) is 8.74. The van der Waals surface area contributed by atoms with E-state index >= 15 is 0 Å². The van der Waals surface area contributed by atoms with Crippen LogP contribution in [-0.4, -0.2) is 33.7 Å². The van der Waals surface area contributed by atoms with Crippen molar-refractivity contribution in [2.75, 3.05) is 20.3 Å². The summed E-state index contributed by atoms with van der Waals surface area (Å²) in [6.07, 6.45) is 0. The second-order valence-electron chi connectivity index (χ2n) is 5.90. The zero-order chi connectivity index (χ0) is 20.0. The Hall–Kier alpha value is -3.08. The van der Waals surface area contributed by atoms with Gasteiger partial charge in [0, 0.05) is 11.1 Å². The second-order valence-corrected chi connectivity index (χ2v) is 7.63. The summed E-state index contributed by atoms with van der Waals surface area (Å²) in [7, 11) is -2.17. The van der Waals surface area contributed by atoms with E-state index in [2.05, 4.69) is 21.5 Å². The van der Waals surface area contributed by atoms with Gasteiger partial charge in [0.15, 0.2) is 11.5 Å². The monoisotopic (exact) mass is 396 g/mol. The van der Waals surface area contributed by atoms with Crippen molar-refractivity contribution in [1.29, 1.82) is 0 Å². The molecule has 6 nitrogen and oxygen atoms in total. The Morgan fingerprint density at radius 3 is 2.57 bits per heavy atom. The van der Waals surface area contributed by atoms with Gasteiger partial charge in [-0.05, 0) is 31.2 Å². The normalized spacial score (nSPS) is 10.9. The van der Waals surface area contributed by atoms with Crippen LogP contribution in [0.2, 0.25) is 0 Å². The Morgan fingerprint density at radius 1 is 1.00 bits per heavy atom. The van der Waals surface area contributed by atoms with Crippen LogP contribution in [0.3, 0.4) is 0 Å². The van der Waals surface area contributed by atoms with Gasteiger partial charge in [0.25, 0.3) is 0 Å². The minimum Gasteiger partial charge on any atom is -0.493 e. The summed E-state index contributed by atoms with van der Waals surface area (Å²) in [4.78, 5) is 4.50. The average Bonchev–Trinajstić information content (AvgIpc) is 2.70. The number of pyridine rings is 1. The summed E-state index contributed by atoms with van der Waals surface area (Å²) in [5.74, 6) is 6.73. The minimum absolute atomic E-state index is 0.0280. The number of ether oxygens (including phenoxy) is 2. The molecule has 0 aliphatic carbocycles. The minimum atomic E-state index is -3.73. The Balaban J connectivity index is 1.64. The first-order valence-electron chi connectivity index (χ1n) is 8.59. The zero-order valence-electron chi connectivity index (χ0n) is 15.6. The maximum atomic E-state index is 12.6. The molecule has 0 spiro atoms. The first kappa shape index (κ1) is 19.7. The molecule has 1 aromatic heterocycles. The van der Waals surface area contributed by atoms with E-state index in [1.165, 1.54) is 6.07 Å². The number of rotatable bonds is 6. The third-order valence-electron chi connectivity index (χ3n) is 3.96. The summed E-state index contributed by atoms with van der Waals surface area (Å²) in [5, 5.41) is 0.768. The molecule has 0 amide bonds. The predicted octanol–water partition coefficient (Wildman–Crippen LogP) is 2.91. The summed E-state index contributed by atoms with van der Waals surface area (Å²) in [6, 6.07) is 16.0. The van der Waals surface area contributed by atoms with Crippen LogP contribution in [0.4, 0.5) is 0 Å². The molecule has 1 N–H and O–H groups in total. The quantitative estimate of drug-likeness (QED) is 0.649. The van der Waals surface area contributed by atoms with Crippen LogP contribution in [-0.2, 0) is 10.0 Å². The van der Waals surface area contributed by atoms with Gasteiger partial charge in [-0.3, -0.25) is 4.98 Å². The van der Waals surface area contributed by atoms with Crippen LogP contribution in [0, 0.1) is 18.8 Å². The van der Waals surface area contributed by atoms with Crippen LogP contribution in [0.1, 0.15) is 5.69 Å². The zero-order valence-corrected chi connectivity index (χ0v) is 16.4. The third-order valence-corrected chi connectivity index (χ3v) is 5.39. The molecule has 0 radical (unpaired) electrons. The van der Waals surface area contributed by atoms with Gasteiger partial charge in [-0.1, -0.05) is 42.2 Å². The number of hydrogen-bond donors (Lipinski definition) is 1. The molecule has 28 heavy (non-hydrogen) atoms. The maximum absolute atomic E-state index is 12.6. The Morgan fingerprint density at radius 2 is 1.79 bits per heavy atom. The molecule has 0 aliphatic rings. The molecule has 3 aromatic rings. The van der Waals surface area contributed by atoms with Crippen molar-refractivity contribution in [2.45, 2.75) is 11.8 Å². The Bertz CT molecular complexity index is 1150. The summed E-state index contributed by atoms with van der Waals surface area (Å²) in [6.45, 7) is 1.92. The highest BCUT2D eigenvalue weighted by molar-refractivity contribution is 7.89. The lowest BCUT2D eigenvalue weighted by atomic mass is 10.2. The van der Waals surface area contributed by atoms with Crippen LogP contribution in [0.25, 0.3) is 10.9 Å². The fourth-order valence-electron chi connectivity index (χ4n) is 2.61. The molecule has 3 rings (SSSR count). The van der Waals surface area contributed by atoms with Crippen LogP contribution in [0.5, 0.6) is 11.5 Å². The molecule has 0 aliphatic heterocycles. The van der Waals surface area contributed by atoms with E-state index < -0.39 is 10.0 Å². The Kier molecular flexibility index (Phi) is 6.14. The first-order valence-corrected chi connectivity index (χ1v) is 10.1. The fourth-order valence-corrected chi connectivity index (χ4v) is 3.70. The fraction of sp³-hybridized carbons (Fsp3) is 0.190. The number of nitrogens with one attached hydrogen (secondary N) is 1. The van der Waals surface area contributed by atoms with Crippen molar-refractivity contribution in [3.8, 4) is 23.3 Å². The first-order chi connectivity index (χ1) is 13.5. The molecule has 0 saturated carbocycles. The van der Waals surface area contributed by atoms with Gasteiger partial charge in [-0.15, -0.1) is 0 Å². The van der Waals surface area contributed by atoms with E-state index in [0.29, 0.717) is 17.0 Å². The van der Waals surface area contributed by atoms with Crippen LogP contribution >= 0.6 is 0 Å². The summed E-state index contributed by atoms with van der Waals surface area (Å²) < 4.78 is 38.5. The van der Waals surface area contributed by atoms with Crippen LogP contribution < -0.4 is 14.2 Å². The van der Waals surface area contributed by atoms with Gasteiger partial charge in [0.2, 0.25) is 10.0 Å². The number of benzene rings is 2. The largest absolute Gasteiger partial charge is 0.493 e. The maximum Gasteiger partial charge on any atom is 0.243 e. The molecule has 0 saturated heterocycles. The van der Waals surface area contributed by atoms with E-state index in [9.17, 15) is 8.42 Å². The SMILES string of the molecule is COc1ccccc1OCC#CCNS(=O)(=O)c1cccc2ccc(C)nc12. The molecule has 0 unspecified atom stereocenters. The molecule has 0 bridgehead atoms. The van der Waals surface area contributed by atoms with Gasteiger partial charge in [0.05, 0.1) is 19.2 Å². The van der Waals surface area contributed by atoms with E-state index in [0.717, 1.165) is 11.1 Å². The van der Waals surface area contributed by atoms with Crippen molar-refractivity contribution < 1.29 is 17.9 Å². The highest BCUT2D eigenvalue weighted by atomic mass is 32.2. The predicted molar refractivity (Wildman–Crippen MR) is 108 cm³/mol. The lowest BCUT2D eigenvalue weighted by molar-refractivity contribution is 0.331. The van der Waals surface area contributed by atoms with E-state index in [-0.39, 0.29) is 18.0 Å². The molecule has 7 heteroatoms. The molecular formula is C21H20N2O4S. The number of methoxy groups -OCH3 is 1. The van der Waals surface area contributed by atoms with E-state index in [1.807, 2.05) is 37.3 Å². The van der Waals surface area contributed by atoms with Gasteiger partial charge >= 0.3 is 0 Å².